The van der Waals surface area contributed by atoms with Crippen LogP contribution in [0.3, 0.4) is 0 Å². The molecule has 0 aromatic carbocycles. The molecule has 2 aromatic rings. The van der Waals surface area contributed by atoms with Crippen molar-refractivity contribution < 1.29 is 9.32 Å². The molecule has 3 heterocycles. The van der Waals surface area contributed by atoms with Gasteiger partial charge in [-0.2, -0.15) is 0 Å². The second-order valence-corrected chi connectivity index (χ2v) is 6.84. The summed E-state index contributed by atoms with van der Waals surface area (Å²) in [5.74, 6) is 1.42. The van der Waals surface area contributed by atoms with Gasteiger partial charge in [0.15, 0.2) is 5.82 Å². The van der Waals surface area contributed by atoms with Crippen molar-refractivity contribution in [1.29, 1.82) is 0 Å². The van der Waals surface area contributed by atoms with Crippen LogP contribution >= 0.6 is 0 Å². The van der Waals surface area contributed by atoms with Crippen LogP contribution in [0.4, 0.5) is 22.1 Å². The number of nitrogens with zero attached hydrogens (tertiary/aromatic N) is 4. The van der Waals surface area contributed by atoms with Gasteiger partial charge in [0.25, 0.3) is 0 Å². The molecule has 8 nitrogen and oxygen atoms in total. The van der Waals surface area contributed by atoms with E-state index in [-0.39, 0.29) is 6.03 Å². The van der Waals surface area contributed by atoms with Gasteiger partial charge in [0.2, 0.25) is 0 Å². The van der Waals surface area contributed by atoms with Crippen molar-refractivity contribution in [3.8, 4) is 0 Å². The fourth-order valence-electron chi connectivity index (χ4n) is 3.00. The second kappa shape index (κ2) is 8.07. The molecule has 0 spiro atoms. The van der Waals surface area contributed by atoms with Crippen molar-refractivity contribution in [2.45, 2.75) is 32.2 Å². The van der Waals surface area contributed by atoms with Gasteiger partial charge in [0.05, 0.1) is 11.9 Å². The zero-order valence-electron chi connectivity index (χ0n) is 15.5. The monoisotopic (exact) mass is 358 g/mol. The molecule has 2 amide bonds. The molecule has 8 heteroatoms. The third kappa shape index (κ3) is 4.44. The fourth-order valence-corrected chi connectivity index (χ4v) is 3.00. The van der Waals surface area contributed by atoms with Crippen LogP contribution in [0, 0.1) is 6.92 Å². The number of hydrogen-bond acceptors (Lipinski definition) is 6. The maximum Gasteiger partial charge on any atom is 0.323 e. The molecule has 1 atom stereocenters. The van der Waals surface area contributed by atoms with Gasteiger partial charge in [0.1, 0.15) is 12.1 Å². The van der Waals surface area contributed by atoms with Crippen LogP contribution in [0.1, 0.15) is 24.8 Å². The molecule has 26 heavy (non-hydrogen) atoms. The van der Waals surface area contributed by atoms with Gasteiger partial charge in [-0.1, -0.05) is 5.16 Å². The molecule has 2 N–H and O–H groups in total. The van der Waals surface area contributed by atoms with E-state index in [1.807, 2.05) is 49.1 Å². The number of hydrogen-bond donors (Lipinski definition) is 2. The number of urea groups is 1. The Labute approximate surface area is 153 Å². The predicted molar refractivity (Wildman–Crippen MR) is 102 cm³/mol. The Hall–Kier alpha value is -2.77. The molecular weight excluding hydrogens is 332 g/mol. The van der Waals surface area contributed by atoms with E-state index in [9.17, 15) is 4.79 Å². The normalized spacial score (nSPS) is 17.5. The largest absolute Gasteiger partial charge is 0.381 e. The number of aromatic nitrogens is 2. The first kappa shape index (κ1) is 18.0. The van der Waals surface area contributed by atoms with Crippen LogP contribution in [0.15, 0.2) is 29.1 Å². The standard InChI is InChI=1S/C18H26N6O2/c1-13-12-26-22-17(13)21-18(25)24-9-4-5-14(8-10-24)20-15-6-7-16(19-11-15)23(2)3/h6-7,11-12,14,20H,4-5,8-10H2,1-3H3,(H,21,22,25). The number of aryl methyl sites for hydroxylation is 1. The lowest BCUT2D eigenvalue weighted by atomic mass is 10.1. The zero-order valence-corrected chi connectivity index (χ0v) is 15.5. The summed E-state index contributed by atoms with van der Waals surface area (Å²) < 4.78 is 4.86. The molecule has 140 valence electrons. The van der Waals surface area contributed by atoms with E-state index in [0.717, 1.165) is 42.9 Å². The number of anilines is 3. The third-order valence-electron chi connectivity index (χ3n) is 4.56. The van der Waals surface area contributed by atoms with E-state index < -0.39 is 0 Å². The molecule has 0 bridgehead atoms. The van der Waals surface area contributed by atoms with E-state index in [1.54, 1.807) is 0 Å². The van der Waals surface area contributed by atoms with E-state index in [2.05, 4.69) is 20.8 Å². The van der Waals surface area contributed by atoms with Gasteiger partial charge in [-0.05, 0) is 38.3 Å². The Bertz CT molecular complexity index is 728. The summed E-state index contributed by atoms with van der Waals surface area (Å²) >= 11 is 0. The van der Waals surface area contributed by atoms with Gasteiger partial charge >= 0.3 is 6.03 Å². The molecule has 1 fully saturated rings. The summed E-state index contributed by atoms with van der Waals surface area (Å²) in [6.45, 7) is 3.28. The Morgan fingerprint density at radius 1 is 1.31 bits per heavy atom. The molecule has 1 unspecified atom stereocenters. The van der Waals surface area contributed by atoms with Crippen LogP contribution in [0.2, 0.25) is 0 Å². The van der Waals surface area contributed by atoms with E-state index in [1.165, 1.54) is 6.26 Å². The minimum Gasteiger partial charge on any atom is -0.381 e. The van der Waals surface area contributed by atoms with Crippen molar-refractivity contribution in [1.82, 2.24) is 15.0 Å². The number of carbonyl (C=O) groups is 1. The number of likely N-dealkylation sites (tertiary alicyclic amines) is 1. The average Bonchev–Trinajstić information content (AvgIpc) is 2.88. The molecule has 3 rings (SSSR count). The summed E-state index contributed by atoms with van der Waals surface area (Å²) in [7, 11) is 3.95. The molecule has 0 radical (unpaired) electrons. The molecule has 1 aliphatic heterocycles. The first-order valence-corrected chi connectivity index (χ1v) is 8.90. The SMILES string of the molecule is Cc1conc1NC(=O)N1CCCC(Nc2ccc(N(C)C)nc2)CC1. The van der Waals surface area contributed by atoms with Gasteiger partial charge in [-0.25, -0.2) is 9.78 Å². The summed E-state index contributed by atoms with van der Waals surface area (Å²) in [6, 6.07) is 4.25. The van der Waals surface area contributed by atoms with Crippen LogP contribution in [0.25, 0.3) is 0 Å². The van der Waals surface area contributed by atoms with E-state index >= 15 is 0 Å². The molecular formula is C18H26N6O2. The molecule has 0 aliphatic carbocycles. The predicted octanol–water partition coefficient (Wildman–Crippen LogP) is 2.94. The maximum atomic E-state index is 12.4. The molecule has 1 saturated heterocycles. The Morgan fingerprint density at radius 3 is 2.81 bits per heavy atom. The minimum absolute atomic E-state index is 0.125. The molecule has 0 saturated carbocycles. The van der Waals surface area contributed by atoms with Crippen molar-refractivity contribution in [2.24, 2.45) is 0 Å². The first-order valence-electron chi connectivity index (χ1n) is 8.90. The molecule has 1 aliphatic rings. The number of amides is 2. The van der Waals surface area contributed by atoms with E-state index in [4.69, 9.17) is 4.52 Å². The van der Waals surface area contributed by atoms with Crippen molar-refractivity contribution in [2.75, 3.05) is 42.7 Å². The van der Waals surface area contributed by atoms with Crippen molar-refractivity contribution in [3.05, 3.63) is 30.2 Å². The van der Waals surface area contributed by atoms with Gasteiger partial charge in [-0.3, -0.25) is 5.32 Å². The van der Waals surface area contributed by atoms with Gasteiger partial charge in [0, 0.05) is 38.8 Å². The highest BCUT2D eigenvalue weighted by Gasteiger charge is 2.21. The minimum atomic E-state index is -0.125. The van der Waals surface area contributed by atoms with Crippen LogP contribution in [-0.4, -0.2) is 54.3 Å². The number of pyridine rings is 1. The average molecular weight is 358 g/mol. The van der Waals surface area contributed by atoms with Crippen molar-refractivity contribution in [3.63, 3.8) is 0 Å². The highest BCUT2D eigenvalue weighted by atomic mass is 16.5. The number of nitrogens with one attached hydrogen (secondary N) is 2. The Morgan fingerprint density at radius 2 is 2.15 bits per heavy atom. The lowest BCUT2D eigenvalue weighted by molar-refractivity contribution is 0.213. The first-order chi connectivity index (χ1) is 12.5. The lowest BCUT2D eigenvalue weighted by Gasteiger charge is -2.21. The second-order valence-electron chi connectivity index (χ2n) is 6.84. The maximum absolute atomic E-state index is 12.4. The third-order valence-corrected chi connectivity index (χ3v) is 4.56. The summed E-state index contributed by atoms with van der Waals surface area (Å²) in [4.78, 5) is 20.7. The number of rotatable bonds is 4. The van der Waals surface area contributed by atoms with Gasteiger partial charge < -0.3 is 19.6 Å². The highest BCUT2D eigenvalue weighted by Crippen LogP contribution is 2.19. The molecule has 2 aromatic heterocycles. The van der Waals surface area contributed by atoms with E-state index in [0.29, 0.717) is 18.4 Å². The van der Waals surface area contributed by atoms with Crippen LogP contribution in [-0.2, 0) is 0 Å². The van der Waals surface area contributed by atoms with Crippen LogP contribution < -0.4 is 15.5 Å². The smallest absolute Gasteiger partial charge is 0.323 e. The quantitative estimate of drug-likeness (QED) is 0.874. The van der Waals surface area contributed by atoms with Crippen molar-refractivity contribution >= 4 is 23.4 Å². The van der Waals surface area contributed by atoms with Gasteiger partial charge in [-0.15, -0.1) is 0 Å². The highest BCUT2D eigenvalue weighted by molar-refractivity contribution is 5.88. The Balaban J connectivity index is 1.53. The lowest BCUT2D eigenvalue weighted by Crippen LogP contribution is -2.36. The number of carbonyl (C=O) groups excluding carboxylic acids is 1. The summed E-state index contributed by atoms with van der Waals surface area (Å²) in [5, 5.41) is 10.2. The summed E-state index contributed by atoms with van der Waals surface area (Å²) in [5.41, 5.74) is 1.83. The Kier molecular flexibility index (Phi) is 5.60. The topological polar surface area (TPSA) is 86.5 Å². The zero-order chi connectivity index (χ0) is 18.5. The fraction of sp³-hybridized carbons (Fsp3) is 0.500. The summed E-state index contributed by atoms with van der Waals surface area (Å²) in [6.07, 6.45) is 6.24. The van der Waals surface area contributed by atoms with Crippen LogP contribution in [0.5, 0.6) is 0 Å².